The van der Waals surface area contributed by atoms with Gasteiger partial charge in [0.25, 0.3) is 0 Å². The summed E-state index contributed by atoms with van der Waals surface area (Å²) in [4.78, 5) is 4.34. The van der Waals surface area contributed by atoms with Gasteiger partial charge >= 0.3 is 0 Å². The van der Waals surface area contributed by atoms with Crippen LogP contribution in [0, 0.1) is 11.6 Å². The topological polar surface area (TPSA) is 17.8 Å². The van der Waals surface area contributed by atoms with Crippen molar-refractivity contribution in [2.24, 2.45) is 0 Å². The number of aromatic nitrogens is 2. The molecule has 0 fully saturated rings. The van der Waals surface area contributed by atoms with Crippen LogP contribution in [-0.2, 0) is 6.42 Å². The van der Waals surface area contributed by atoms with Crippen molar-refractivity contribution in [3.05, 3.63) is 58.9 Å². The number of rotatable bonds is 3. The van der Waals surface area contributed by atoms with E-state index in [2.05, 4.69) is 4.98 Å². The van der Waals surface area contributed by atoms with Crippen molar-refractivity contribution in [3.8, 4) is 5.69 Å². The van der Waals surface area contributed by atoms with Gasteiger partial charge in [-0.25, -0.2) is 13.8 Å². The Morgan fingerprint density at radius 2 is 1.95 bits per heavy atom. The first-order chi connectivity index (χ1) is 10.1. The molecule has 0 aliphatic heterocycles. The van der Waals surface area contributed by atoms with Crippen molar-refractivity contribution in [2.45, 2.75) is 6.42 Å². The molecular formula is C15H10Cl2F2N2. The molecule has 3 aromatic rings. The quantitative estimate of drug-likeness (QED) is 0.636. The predicted molar refractivity (Wildman–Crippen MR) is 80.4 cm³/mol. The number of benzene rings is 2. The Labute approximate surface area is 129 Å². The zero-order valence-electron chi connectivity index (χ0n) is 10.8. The molecule has 0 saturated carbocycles. The van der Waals surface area contributed by atoms with E-state index < -0.39 is 11.6 Å². The van der Waals surface area contributed by atoms with Gasteiger partial charge in [0.2, 0.25) is 0 Å². The normalized spacial score (nSPS) is 11.2. The number of hydrogen-bond donors (Lipinski definition) is 0. The second-order valence-electron chi connectivity index (χ2n) is 4.51. The standard InChI is InChI=1S/C15H10Cl2F2N2/c16-7-6-13-20-12-5-4-11(18)14(19)15(12)21(13)10-3-1-2-9(17)8-10/h1-5,8H,6-7H2. The molecular weight excluding hydrogens is 317 g/mol. The number of aryl methyl sites for hydroxylation is 1. The highest BCUT2D eigenvalue weighted by Gasteiger charge is 2.18. The lowest BCUT2D eigenvalue weighted by Crippen LogP contribution is -2.03. The van der Waals surface area contributed by atoms with Crippen LogP contribution in [0.5, 0.6) is 0 Å². The summed E-state index contributed by atoms with van der Waals surface area (Å²) >= 11 is 11.8. The molecule has 0 amide bonds. The first-order valence-electron chi connectivity index (χ1n) is 6.29. The molecule has 1 aromatic heterocycles. The van der Waals surface area contributed by atoms with Crippen molar-refractivity contribution in [3.63, 3.8) is 0 Å². The van der Waals surface area contributed by atoms with E-state index in [0.29, 0.717) is 34.4 Å². The predicted octanol–water partition coefficient (Wildman–Crippen LogP) is 4.74. The molecule has 1 heterocycles. The molecule has 0 aliphatic carbocycles. The average Bonchev–Trinajstić information content (AvgIpc) is 2.82. The smallest absolute Gasteiger partial charge is 0.185 e. The fourth-order valence-electron chi connectivity index (χ4n) is 2.30. The molecule has 0 aliphatic rings. The summed E-state index contributed by atoms with van der Waals surface area (Å²) in [5.74, 6) is -0.954. The van der Waals surface area contributed by atoms with Gasteiger partial charge in [-0.05, 0) is 30.3 Å². The molecule has 108 valence electrons. The molecule has 0 saturated heterocycles. The SMILES string of the molecule is Fc1ccc2nc(CCCl)n(-c3cccc(Cl)c3)c2c1F. The van der Waals surface area contributed by atoms with Gasteiger partial charge < -0.3 is 0 Å². The maximum Gasteiger partial charge on any atom is 0.185 e. The monoisotopic (exact) mass is 326 g/mol. The van der Waals surface area contributed by atoms with Gasteiger partial charge in [0.1, 0.15) is 11.3 Å². The molecule has 0 spiro atoms. The number of halogens is 4. The lowest BCUT2D eigenvalue weighted by molar-refractivity contribution is 0.514. The average molecular weight is 327 g/mol. The van der Waals surface area contributed by atoms with Crippen molar-refractivity contribution >= 4 is 34.2 Å². The summed E-state index contributed by atoms with van der Waals surface area (Å²) in [6.45, 7) is 0. The highest BCUT2D eigenvalue weighted by atomic mass is 35.5. The molecule has 2 aromatic carbocycles. The van der Waals surface area contributed by atoms with Crippen LogP contribution in [0.1, 0.15) is 5.82 Å². The summed E-state index contributed by atoms with van der Waals surface area (Å²) in [6, 6.07) is 9.40. The summed E-state index contributed by atoms with van der Waals surface area (Å²) < 4.78 is 29.3. The molecule has 0 N–H and O–H groups in total. The van der Waals surface area contributed by atoms with Gasteiger partial charge in [0.15, 0.2) is 11.6 Å². The number of hydrogen-bond acceptors (Lipinski definition) is 1. The molecule has 0 radical (unpaired) electrons. The van der Waals surface area contributed by atoms with Gasteiger partial charge in [-0.15, -0.1) is 11.6 Å². The summed E-state index contributed by atoms with van der Waals surface area (Å²) in [7, 11) is 0. The van der Waals surface area contributed by atoms with Gasteiger partial charge in [-0.1, -0.05) is 17.7 Å². The van der Waals surface area contributed by atoms with E-state index >= 15 is 0 Å². The third-order valence-electron chi connectivity index (χ3n) is 3.16. The van der Waals surface area contributed by atoms with Gasteiger partial charge in [0, 0.05) is 23.0 Å². The Kier molecular flexibility index (Phi) is 3.83. The van der Waals surface area contributed by atoms with E-state index in [9.17, 15) is 8.78 Å². The Morgan fingerprint density at radius 3 is 2.67 bits per heavy atom. The molecule has 0 unspecified atom stereocenters. The van der Waals surface area contributed by atoms with Crippen LogP contribution >= 0.6 is 23.2 Å². The van der Waals surface area contributed by atoms with Crippen LogP contribution in [0.3, 0.4) is 0 Å². The molecule has 3 rings (SSSR count). The van der Waals surface area contributed by atoms with Crippen LogP contribution in [0.25, 0.3) is 16.7 Å². The first-order valence-corrected chi connectivity index (χ1v) is 7.20. The minimum Gasteiger partial charge on any atom is -0.293 e. The fraction of sp³-hybridized carbons (Fsp3) is 0.133. The van der Waals surface area contributed by atoms with Crippen molar-refractivity contribution in [1.82, 2.24) is 9.55 Å². The zero-order chi connectivity index (χ0) is 15.0. The van der Waals surface area contributed by atoms with Crippen molar-refractivity contribution < 1.29 is 8.78 Å². The largest absolute Gasteiger partial charge is 0.293 e. The molecule has 0 bridgehead atoms. The summed E-state index contributed by atoms with van der Waals surface area (Å²) in [5.41, 5.74) is 1.10. The summed E-state index contributed by atoms with van der Waals surface area (Å²) in [6.07, 6.45) is 0.434. The number of alkyl halides is 1. The number of fused-ring (bicyclic) bond motifs is 1. The second-order valence-corrected chi connectivity index (χ2v) is 5.33. The number of nitrogens with zero attached hydrogens (tertiary/aromatic N) is 2. The van der Waals surface area contributed by atoms with Gasteiger partial charge in [-0.3, -0.25) is 4.57 Å². The van der Waals surface area contributed by atoms with E-state index in [0.717, 1.165) is 6.07 Å². The lowest BCUT2D eigenvalue weighted by atomic mass is 10.2. The van der Waals surface area contributed by atoms with E-state index in [-0.39, 0.29) is 5.52 Å². The highest BCUT2D eigenvalue weighted by molar-refractivity contribution is 6.30. The van der Waals surface area contributed by atoms with Crippen LogP contribution < -0.4 is 0 Å². The van der Waals surface area contributed by atoms with Crippen molar-refractivity contribution in [2.75, 3.05) is 5.88 Å². The van der Waals surface area contributed by atoms with E-state index in [1.165, 1.54) is 6.07 Å². The van der Waals surface area contributed by atoms with Gasteiger partial charge in [-0.2, -0.15) is 0 Å². The third-order valence-corrected chi connectivity index (χ3v) is 3.59. The maximum atomic E-state index is 14.2. The zero-order valence-corrected chi connectivity index (χ0v) is 12.3. The second kappa shape index (κ2) is 5.62. The first kappa shape index (κ1) is 14.3. The molecule has 21 heavy (non-hydrogen) atoms. The van der Waals surface area contributed by atoms with E-state index in [1.54, 1.807) is 28.8 Å². The Morgan fingerprint density at radius 1 is 1.14 bits per heavy atom. The van der Waals surface area contributed by atoms with Crippen LogP contribution in [0.2, 0.25) is 5.02 Å². The minimum absolute atomic E-state index is 0.0948. The Balaban J connectivity index is 2.37. The summed E-state index contributed by atoms with van der Waals surface area (Å²) in [5, 5.41) is 0.503. The Hall–Kier alpha value is -1.65. The van der Waals surface area contributed by atoms with Crippen LogP contribution in [0.15, 0.2) is 36.4 Å². The minimum atomic E-state index is -0.930. The lowest BCUT2D eigenvalue weighted by Gasteiger charge is -2.09. The fourth-order valence-corrected chi connectivity index (χ4v) is 2.65. The third kappa shape index (κ3) is 2.49. The molecule has 2 nitrogen and oxygen atoms in total. The molecule has 6 heteroatoms. The van der Waals surface area contributed by atoms with Crippen LogP contribution in [-0.4, -0.2) is 15.4 Å². The number of imidazole rings is 1. The van der Waals surface area contributed by atoms with E-state index in [1.807, 2.05) is 0 Å². The molecule has 0 atom stereocenters. The van der Waals surface area contributed by atoms with Crippen molar-refractivity contribution in [1.29, 1.82) is 0 Å². The van der Waals surface area contributed by atoms with Gasteiger partial charge in [0.05, 0.1) is 5.52 Å². The maximum absolute atomic E-state index is 14.2. The highest BCUT2D eigenvalue weighted by Crippen LogP contribution is 2.27. The van der Waals surface area contributed by atoms with E-state index in [4.69, 9.17) is 23.2 Å². The van der Waals surface area contributed by atoms with Crippen LogP contribution in [0.4, 0.5) is 8.78 Å². The Bertz CT molecular complexity index is 815.